The van der Waals surface area contributed by atoms with Crippen molar-refractivity contribution in [2.24, 2.45) is 0 Å². The number of rotatable bonds is 2. The Morgan fingerprint density at radius 3 is 0.786 bits per heavy atom. The molecule has 0 amide bonds. The van der Waals surface area contributed by atoms with Gasteiger partial charge in [0.15, 0.2) is 0 Å². The molecule has 0 saturated heterocycles. The Balaban J connectivity index is 1.47. The van der Waals surface area contributed by atoms with E-state index in [2.05, 4.69) is 158 Å². The van der Waals surface area contributed by atoms with Crippen LogP contribution in [-0.4, -0.2) is 0 Å². The smallest absolute Gasteiger partial charge is 0.0469 e. The summed E-state index contributed by atoms with van der Waals surface area (Å²) in [5, 5.41) is 0. The molecule has 0 unspecified atom stereocenters. The summed E-state index contributed by atoms with van der Waals surface area (Å²) in [5.41, 5.74) is 13.9. The average molecular weight is 535 g/mol. The number of hydrogen-bond donors (Lipinski definition) is 0. The Morgan fingerprint density at radius 1 is 0.262 bits per heavy atom. The maximum absolute atomic E-state index is 2.48. The molecule has 42 heavy (non-hydrogen) atoms. The Kier molecular flexibility index (Phi) is 4.14. The molecule has 6 aliphatic rings. The van der Waals surface area contributed by atoms with Gasteiger partial charge in [-0.05, 0) is 68.5 Å². The van der Waals surface area contributed by atoms with Gasteiger partial charge in [0.1, 0.15) is 0 Å². The van der Waals surface area contributed by atoms with Gasteiger partial charge in [0.25, 0.3) is 0 Å². The molecule has 0 heterocycles. The lowest BCUT2D eigenvalue weighted by Crippen LogP contribution is -2.71. The predicted molar refractivity (Wildman–Crippen MR) is 169 cm³/mol. The van der Waals surface area contributed by atoms with Crippen molar-refractivity contribution in [3.8, 4) is 0 Å². The highest BCUT2D eigenvalue weighted by atomic mass is 14.8. The van der Waals surface area contributed by atoms with E-state index in [1.165, 1.54) is 55.6 Å². The van der Waals surface area contributed by atoms with Crippen LogP contribution in [0.25, 0.3) is 0 Å². The number of benzene rings is 6. The van der Waals surface area contributed by atoms with Crippen molar-refractivity contribution >= 4 is 0 Å². The van der Waals surface area contributed by atoms with Crippen LogP contribution in [0.5, 0.6) is 0 Å². The Labute approximate surface area is 247 Å². The first-order valence-corrected chi connectivity index (χ1v) is 15.3. The van der Waals surface area contributed by atoms with Crippen LogP contribution in [-0.2, 0) is 21.7 Å². The van der Waals surface area contributed by atoms with E-state index in [1.807, 2.05) is 0 Å². The maximum atomic E-state index is 2.48. The van der Waals surface area contributed by atoms with Crippen LogP contribution in [0.3, 0.4) is 0 Å². The summed E-state index contributed by atoms with van der Waals surface area (Å²) in [6.07, 6.45) is 2.05. The van der Waals surface area contributed by atoms with Gasteiger partial charge in [-0.2, -0.15) is 0 Å². The summed E-state index contributed by atoms with van der Waals surface area (Å²) in [5.74, 6) is 0. The lowest BCUT2D eigenvalue weighted by molar-refractivity contribution is 0.127. The van der Waals surface area contributed by atoms with Crippen molar-refractivity contribution in [2.75, 3.05) is 0 Å². The lowest BCUT2D eigenvalue weighted by atomic mass is 9.28. The molecular weight excluding hydrogens is 504 g/mol. The molecule has 198 valence electrons. The highest BCUT2D eigenvalue weighted by Crippen LogP contribution is 2.79. The third-order valence-electron chi connectivity index (χ3n) is 11.7. The molecule has 0 N–H and O–H groups in total. The molecule has 0 aliphatic heterocycles. The van der Waals surface area contributed by atoms with E-state index in [4.69, 9.17) is 0 Å². The van der Waals surface area contributed by atoms with Crippen LogP contribution in [0.2, 0.25) is 0 Å². The van der Waals surface area contributed by atoms with Gasteiger partial charge in [-0.15, -0.1) is 0 Å². The highest BCUT2D eigenvalue weighted by Gasteiger charge is 2.75. The molecule has 0 nitrogen and oxygen atoms in total. The monoisotopic (exact) mass is 534 g/mol. The first kappa shape index (κ1) is 22.9. The number of hydrogen-bond acceptors (Lipinski definition) is 0. The van der Waals surface area contributed by atoms with E-state index < -0.39 is 0 Å². The first-order chi connectivity index (χ1) is 20.8. The van der Waals surface area contributed by atoms with Crippen LogP contribution in [0.4, 0.5) is 0 Å². The second-order valence-corrected chi connectivity index (χ2v) is 12.9. The van der Waals surface area contributed by atoms with Gasteiger partial charge < -0.3 is 0 Å². The van der Waals surface area contributed by atoms with Crippen LogP contribution in [0.1, 0.15) is 68.5 Å². The minimum atomic E-state index is -0.249. The molecule has 0 atom stereocenters. The highest BCUT2D eigenvalue weighted by molar-refractivity contribution is 5.81. The van der Waals surface area contributed by atoms with E-state index in [0.29, 0.717) is 0 Å². The summed E-state index contributed by atoms with van der Waals surface area (Å²) in [6.45, 7) is 0. The largest absolute Gasteiger partial charge is 0.0622 e. The van der Waals surface area contributed by atoms with Crippen molar-refractivity contribution in [3.05, 3.63) is 213 Å². The zero-order chi connectivity index (χ0) is 27.6. The minimum Gasteiger partial charge on any atom is -0.0622 e. The van der Waals surface area contributed by atoms with Crippen LogP contribution < -0.4 is 0 Å². The van der Waals surface area contributed by atoms with Gasteiger partial charge in [0, 0.05) is 21.7 Å². The van der Waals surface area contributed by atoms with Crippen molar-refractivity contribution in [3.63, 3.8) is 0 Å². The minimum absolute atomic E-state index is 0.199. The molecule has 0 aromatic heterocycles. The third-order valence-corrected chi connectivity index (χ3v) is 11.7. The fourth-order valence-corrected chi connectivity index (χ4v) is 10.5. The van der Waals surface area contributed by atoms with E-state index in [1.54, 1.807) is 0 Å². The standard InChI is InChI=1S/C42H30/c1-3-15-29(16-4-1)39-27-41-37-25-13-9-21-33(37)40(30-17-5-2-6-18-30,34-22-10-14-26-38(34)41)28-42(41,35-23-11-7-19-31(35)39)36-24-12-8-20-32(36)39/h1-26H,27-28H2. The average Bonchev–Trinajstić information content (AvgIpc) is 3.09. The van der Waals surface area contributed by atoms with Gasteiger partial charge in [-0.3, -0.25) is 0 Å². The van der Waals surface area contributed by atoms with E-state index in [-0.39, 0.29) is 21.7 Å². The third kappa shape index (κ3) is 2.24. The zero-order valence-electron chi connectivity index (χ0n) is 23.4. The normalized spacial score (nSPS) is 28.7. The molecule has 6 aromatic carbocycles. The van der Waals surface area contributed by atoms with Gasteiger partial charge in [0.2, 0.25) is 0 Å². The second kappa shape index (κ2) is 7.58. The molecule has 0 radical (unpaired) electrons. The molecule has 4 bridgehead atoms. The Bertz CT molecular complexity index is 1800. The van der Waals surface area contributed by atoms with Gasteiger partial charge >= 0.3 is 0 Å². The summed E-state index contributed by atoms with van der Waals surface area (Å²) in [7, 11) is 0. The predicted octanol–water partition coefficient (Wildman–Crippen LogP) is 9.06. The van der Waals surface area contributed by atoms with Gasteiger partial charge in [0.05, 0.1) is 0 Å². The summed E-state index contributed by atoms with van der Waals surface area (Å²) >= 11 is 0. The summed E-state index contributed by atoms with van der Waals surface area (Å²) in [4.78, 5) is 0. The van der Waals surface area contributed by atoms with Crippen molar-refractivity contribution in [1.82, 2.24) is 0 Å². The van der Waals surface area contributed by atoms with Crippen LogP contribution >= 0.6 is 0 Å². The maximum Gasteiger partial charge on any atom is 0.0469 e. The summed E-state index contributed by atoms with van der Waals surface area (Å²) in [6, 6.07) is 60.7. The van der Waals surface area contributed by atoms with Gasteiger partial charge in [-0.25, -0.2) is 0 Å². The fraction of sp³-hybridized carbons (Fsp3) is 0.143. The fourth-order valence-electron chi connectivity index (χ4n) is 10.5. The molecule has 6 aromatic rings. The first-order valence-electron chi connectivity index (χ1n) is 15.3. The molecule has 0 heteroatoms. The zero-order valence-corrected chi connectivity index (χ0v) is 23.4. The molecule has 12 rings (SSSR count). The molecular formula is C42H30. The summed E-state index contributed by atoms with van der Waals surface area (Å²) < 4.78 is 0. The Morgan fingerprint density at radius 2 is 0.500 bits per heavy atom. The van der Waals surface area contributed by atoms with E-state index >= 15 is 0 Å². The van der Waals surface area contributed by atoms with E-state index in [0.717, 1.165) is 12.8 Å². The molecule has 0 saturated carbocycles. The Hall–Kier alpha value is -4.68. The topological polar surface area (TPSA) is 0 Å². The van der Waals surface area contributed by atoms with Gasteiger partial charge in [-0.1, -0.05) is 158 Å². The SMILES string of the molecule is c1ccc(C23CC45c6ccccc6C(c6ccccc6)(CC4(c4ccccc42)c2ccccc23)c2ccccc25)cc1. The van der Waals surface area contributed by atoms with E-state index in [9.17, 15) is 0 Å². The van der Waals surface area contributed by atoms with Crippen LogP contribution in [0, 0.1) is 0 Å². The van der Waals surface area contributed by atoms with Crippen molar-refractivity contribution in [1.29, 1.82) is 0 Å². The quantitative estimate of drug-likeness (QED) is 0.208. The molecule has 0 fully saturated rings. The second-order valence-electron chi connectivity index (χ2n) is 12.9. The van der Waals surface area contributed by atoms with Crippen LogP contribution in [0.15, 0.2) is 158 Å². The lowest BCUT2D eigenvalue weighted by Gasteiger charge is -2.73. The van der Waals surface area contributed by atoms with Crippen molar-refractivity contribution < 1.29 is 0 Å². The molecule has 2 spiro atoms. The molecule has 6 aliphatic carbocycles. The van der Waals surface area contributed by atoms with Crippen molar-refractivity contribution in [2.45, 2.75) is 34.5 Å².